The van der Waals surface area contributed by atoms with Crippen LogP contribution in [0.5, 0.6) is 0 Å². The molecule has 0 unspecified atom stereocenters. The Morgan fingerprint density at radius 2 is 2.24 bits per heavy atom. The molecule has 0 spiro atoms. The predicted molar refractivity (Wildman–Crippen MR) is 65.4 cm³/mol. The smallest absolute Gasteiger partial charge is 0.308 e. The summed E-state index contributed by atoms with van der Waals surface area (Å²) in [5.41, 5.74) is 1.50. The molecule has 0 saturated heterocycles. The van der Waals surface area contributed by atoms with Crippen molar-refractivity contribution in [2.24, 2.45) is 5.92 Å². The first-order valence-corrected chi connectivity index (χ1v) is 5.71. The van der Waals surface area contributed by atoms with Crippen LogP contribution >= 0.6 is 0 Å². The molecule has 0 aliphatic carbocycles. The maximum atomic E-state index is 12.2. The van der Waals surface area contributed by atoms with Crippen molar-refractivity contribution in [3.63, 3.8) is 0 Å². The number of aryl methyl sites for hydroxylation is 1. The van der Waals surface area contributed by atoms with Crippen molar-refractivity contribution < 1.29 is 4.42 Å². The van der Waals surface area contributed by atoms with Gasteiger partial charge in [-0.2, -0.15) is 4.98 Å². The zero-order chi connectivity index (χ0) is 12.4. The molecule has 90 valence electrons. The molecule has 0 radical (unpaired) electrons. The average molecular weight is 232 g/mol. The van der Waals surface area contributed by atoms with Gasteiger partial charge >= 0.3 is 6.01 Å². The number of pyridine rings is 1. The molecule has 0 atom stereocenters. The molecule has 17 heavy (non-hydrogen) atoms. The Bertz CT molecular complexity index is 567. The van der Waals surface area contributed by atoms with E-state index in [2.05, 4.69) is 18.8 Å². The fraction of sp³-hybridized carbons (Fsp3) is 0.385. The van der Waals surface area contributed by atoms with E-state index in [9.17, 15) is 4.79 Å². The van der Waals surface area contributed by atoms with Gasteiger partial charge in [-0.3, -0.25) is 4.79 Å². The lowest BCUT2D eigenvalue weighted by Crippen LogP contribution is -2.22. The van der Waals surface area contributed by atoms with E-state index < -0.39 is 0 Å². The van der Waals surface area contributed by atoms with Crippen LogP contribution in [0.25, 0.3) is 6.01 Å². The molecule has 2 aromatic heterocycles. The minimum atomic E-state index is -0.0527. The second-order valence-electron chi connectivity index (χ2n) is 4.58. The molecule has 0 aliphatic rings. The van der Waals surface area contributed by atoms with Gasteiger partial charge in [-0.05, 0) is 25.3 Å². The number of hydrogen-bond acceptors (Lipinski definition) is 3. The molecule has 4 heteroatoms. The first-order chi connectivity index (χ1) is 8.08. The summed E-state index contributed by atoms with van der Waals surface area (Å²) < 4.78 is 6.69. The van der Waals surface area contributed by atoms with Crippen LogP contribution in [-0.2, 0) is 6.42 Å². The predicted octanol–water partition coefficient (Wildman–Crippen LogP) is 2.33. The summed E-state index contributed by atoms with van der Waals surface area (Å²) in [6.07, 6.45) is 3.98. The molecular weight excluding hydrogens is 216 g/mol. The summed E-state index contributed by atoms with van der Waals surface area (Å²) in [6.45, 7) is 6.01. The largest absolute Gasteiger partial charge is 0.431 e. The summed E-state index contributed by atoms with van der Waals surface area (Å²) >= 11 is 0. The van der Waals surface area contributed by atoms with E-state index in [0.717, 1.165) is 17.7 Å². The highest BCUT2D eigenvalue weighted by atomic mass is 16.4. The minimum Gasteiger partial charge on any atom is -0.431 e. The van der Waals surface area contributed by atoms with Crippen molar-refractivity contribution in [1.82, 2.24) is 9.55 Å². The SMILES string of the molecule is Cc1coc(-n2cccc(CC(C)C)c2=O)n1. The molecule has 2 heterocycles. The average Bonchev–Trinajstić information content (AvgIpc) is 2.67. The quantitative estimate of drug-likeness (QED) is 0.816. The first kappa shape index (κ1) is 11.6. The first-order valence-electron chi connectivity index (χ1n) is 5.71. The fourth-order valence-corrected chi connectivity index (χ4v) is 1.74. The number of aromatic nitrogens is 2. The molecule has 4 nitrogen and oxygen atoms in total. The Morgan fingerprint density at radius 3 is 2.82 bits per heavy atom. The van der Waals surface area contributed by atoms with E-state index in [1.54, 1.807) is 6.20 Å². The Morgan fingerprint density at radius 1 is 1.47 bits per heavy atom. The monoisotopic (exact) mass is 232 g/mol. The van der Waals surface area contributed by atoms with Gasteiger partial charge in [0.2, 0.25) is 0 Å². The number of rotatable bonds is 3. The molecule has 0 amide bonds. The fourth-order valence-electron chi connectivity index (χ4n) is 1.74. The van der Waals surface area contributed by atoms with Crippen molar-refractivity contribution in [3.8, 4) is 6.01 Å². The van der Waals surface area contributed by atoms with Crippen LogP contribution in [0.1, 0.15) is 25.1 Å². The summed E-state index contributed by atoms with van der Waals surface area (Å²) in [5.74, 6) is 0.449. The molecule has 0 bridgehead atoms. The van der Waals surface area contributed by atoms with Gasteiger partial charge in [-0.15, -0.1) is 0 Å². The number of oxazole rings is 1. The summed E-state index contributed by atoms with van der Waals surface area (Å²) in [5, 5.41) is 0. The van der Waals surface area contributed by atoms with Crippen molar-refractivity contribution in [2.45, 2.75) is 27.2 Å². The van der Waals surface area contributed by atoms with E-state index in [-0.39, 0.29) is 5.56 Å². The van der Waals surface area contributed by atoms with Crippen LogP contribution in [0, 0.1) is 12.8 Å². The van der Waals surface area contributed by atoms with Gasteiger partial charge in [0.05, 0.1) is 5.69 Å². The molecule has 2 rings (SSSR count). The van der Waals surface area contributed by atoms with Crippen molar-refractivity contribution in [3.05, 3.63) is 46.2 Å². The van der Waals surface area contributed by atoms with Crippen molar-refractivity contribution in [1.29, 1.82) is 0 Å². The molecular formula is C13H16N2O2. The number of nitrogens with zero attached hydrogens (tertiary/aromatic N) is 2. The van der Waals surface area contributed by atoms with Crippen molar-refractivity contribution in [2.75, 3.05) is 0 Å². The van der Waals surface area contributed by atoms with E-state index in [0.29, 0.717) is 11.9 Å². The van der Waals surface area contributed by atoms with E-state index >= 15 is 0 Å². The highest BCUT2D eigenvalue weighted by Gasteiger charge is 2.09. The highest BCUT2D eigenvalue weighted by molar-refractivity contribution is 5.18. The third kappa shape index (κ3) is 2.46. The molecule has 0 aliphatic heterocycles. The molecule has 0 fully saturated rings. The summed E-state index contributed by atoms with van der Waals surface area (Å²) in [7, 11) is 0. The number of hydrogen-bond donors (Lipinski definition) is 0. The minimum absolute atomic E-state index is 0.0527. The van der Waals surface area contributed by atoms with Crippen LogP contribution < -0.4 is 5.56 Å². The normalized spacial score (nSPS) is 11.1. The van der Waals surface area contributed by atoms with E-state index in [1.807, 2.05) is 19.1 Å². The topological polar surface area (TPSA) is 48.0 Å². The zero-order valence-corrected chi connectivity index (χ0v) is 10.3. The standard InChI is InChI=1S/C13H16N2O2/c1-9(2)7-11-5-4-6-15(12(11)16)13-14-10(3)8-17-13/h4-6,8-9H,7H2,1-3H3. The van der Waals surface area contributed by atoms with Crippen LogP contribution in [0.4, 0.5) is 0 Å². The Balaban J connectivity index is 2.46. The van der Waals surface area contributed by atoms with Crippen molar-refractivity contribution >= 4 is 0 Å². The third-order valence-electron chi connectivity index (χ3n) is 2.47. The van der Waals surface area contributed by atoms with Crippen LogP contribution in [0.2, 0.25) is 0 Å². The lowest BCUT2D eigenvalue weighted by Gasteiger charge is -2.06. The summed E-state index contributed by atoms with van der Waals surface area (Å²) in [6, 6.07) is 4.03. The Labute approximate surface area is 99.9 Å². The van der Waals surface area contributed by atoms with Gasteiger partial charge < -0.3 is 4.42 Å². The summed E-state index contributed by atoms with van der Waals surface area (Å²) in [4.78, 5) is 16.3. The van der Waals surface area contributed by atoms with Crippen LogP contribution in [0.3, 0.4) is 0 Å². The van der Waals surface area contributed by atoms with Crippen LogP contribution in [0.15, 0.2) is 33.8 Å². The molecule has 0 saturated carbocycles. The Kier molecular flexibility index (Phi) is 3.13. The van der Waals surface area contributed by atoms with Crippen LogP contribution in [-0.4, -0.2) is 9.55 Å². The second kappa shape index (κ2) is 4.57. The zero-order valence-electron chi connectivity index (χ0n) is 10.3. The highest BCUT2D eigenvalue weighted by Crippen LogP contribution is 2.07. The van der Waals surface area contributed by atoms with E-state index in [1.165, 1.54) is 10.8 Å². The molecule has 0 N–H and O–H groups in total. The third-order valence-corrected chi connectivity index (χ3v) is 2.47. The maximum absolute atomic E-state index is 12.2. The van der Waals surface area contributed by atoms with Gasteiger partial charge in [0.15, 0.2) is 0 Å². The Hall–Kier alpha value is -1.84. The maximum Gasteiger partial charge on any atom is 0.308 e. The van der Waals surface area contributed by atoms with Gasteiger partial charge in [0, 0.05) is 11.8 Å². The van der Waals surface area contributed by atoms with E-state index in [4.69, 9.17) is 4.42 Å². The molecule has 0 aromatic carbocycles. The van der Waals surface area contributed by atoms with Gasteiger partial charge in [0.1, 0.15) is 6.26 Å². The second-order valence-corrected chi connectivity index (χ2v) is 4.58. The van der Waals surface area contributed by atoms with Gasteiger partial charge in [-0.1, -0.05) is 19.9 Å². The lowest BCUT2D eigenvalue weighted by atomic mass is 10.0. The van der Waals surface area contributed by atoms with Gasteiger partial charge in [0.25, 0.3) is 5.56 Å². The molecule has 2 aromatic rings. The van der Waals surface area contributed by atoms with Gasteiger partial charge in [-0.25, -0.2) is 4.57 Å². The lowest BCUT2D eigenvalue weighted by molar-refractivity contribution is 0.519.